The molecule has 0 atom stereocenters. The fourth-order valence-corrected chi connectivity index (χ4v) is 2.58. The van der Waals surface area contributed by atoms with Crippen LogP contribution < -0.4 is 4.74 Å². The van der Waals surface area contributed by atoms with Crippen LogP contribution in [0.3, 0.4) is 0 Å². The lowest BCUT2D eigenvalue weighted by molar-refractivity contribution is 0.317. The summed E-state index contributed by atoms with van der Waals surface area (Å²) in [7, 11) is 0. The first-order valence-corrected chi connectivity index (χ1v) is 7.65. The molecule has 0 saturated carbocycles. The summed E-state index contributed by atoms with van der Waals surface area (Å²) < 4.78 is 5.96. The topological polar surface area (TPSA) is 9.23 Å². The first-order chi connectivity index (χ1) is 9.20. The van der Waals surface area contributed by atoms with Gasteiger partial charge in [-0.1, -0.05) is 58.4 Å². The number of benzene rings is 2. The summed E-state index contributed by atoms with van der Waals surface area (Å²) >= 11 is 3.49. The van der Waals surface area contributed by atoms with E-state index < -0.39 is 0 Å². The number of aryl methyl sites for hydroxylation is 2. The second-order valence-electron chi connectivity index (χ2n) is 4.78. The Bertz CT molecular complexity index is 511. The molecule has 0 spiro atoms. The molecular formula is C17H19BrO. The Hall–Kier alpha value is -1.28. The SMILES string of the molecule is Cc1cc(CBr)cc(C)c1OCCc1ccccc1. The van der Waals surface area contributed by atoms with E-state index in [4.69, 9.17) is 4.74 Å². The normalized spacial score (nSPS) is 10.5. The summed E-state index contributed by atoms with van der Waals surface area (Å²) in [6.45, 7) is 4.94. The van der Waals surface area contributed by atoms with Crippen LogP contribution in [0.15, 0.2) is 42.5 Å². The zero-order chi connectivity index (χ0) is 13.7. The standard InChI is InChI=1S/C17H19BrO/c1-13-10-16(12-18)11-14(2)17(13)19-9-8-15-6-4-3-5-7-15/h3-7,10-11H,8-9,12H2,1-2H3. The largest absolute Gasteiger partial charge is 0.493 e. The van der Waals surface area contributed by atoms with Crippen LogP contribution in [0.1, 0.15) is 22.3 Å². The highest BCUT2D eigenvalue weighted by Gasteiger charge is 2.06. The summed E-state index contributed by atoms with van der Waals surface area (Å²) in [5.74, 6) is 1.03. The molecule has 0 amide bonds. The minimum absolute atomic E-state index is 0.722. The van der Waals surface area contributed by atoms with Gasteiger partial charge in [0.15, 0.2) is 0 Å². The monoisotopic (exact) mass is 318 g/mol. The zero-order valence-electron chi connectivity index (χ0n) is 11.4. The zero-order valence-corrected chi connectivity index (χ0v) is 13.0. The Morgan fingerprint density at radius 2 is 1.58 bits per heavy atom. The van der Waals surface area contributed by atoms with E-state index in [1.54, 1.807) is 0 Å². The highest BCUT2D eigenvalue weighted by Crippen LogP contribution is 2.25. The minimum atomic E-state index is 0.722. The third-order valence-electron chi connectivity index (χ3n) is 3.15. The van der Waals surface area contributed by atoms with Gasteiger partial charge >= 0.3 is 0 Å². The number of halogens is 1. The molecule has 2 aromatic rings. The van der Waals surface area contributed by atoms with E-state index in [0.29, 0.717) is 0 Å². The Balaban J connectivity index is 2.00. The summed E-state index contributed by atoms with van der Waals surface area (Å²) in [6, 6.07) is 14.8. The molecule has 19 heavy (non-hydrogen) atoms. The Kier molecular flexibility index (Phi) is 5.03. The average molecular weight is 319 g/mol. The van der Waals surface area contributed by atoms with Crippen molar-refractivity contribution in [3.63, 3.8) is 0 Å². The van der Waals surface area contributed by atoms with Gasteiger partial charge in [-0.05, 0) is 36.1 Å². The quantitative estimate of drug-likeness (QED) is 0.718. The minimum Gasteiger partial charge on any atom is -0.493 e. The van der Waals surface area contributed by atoms with Gasteiger partial charge in [0, 0.05) is 11.8 Å². The highest BCUT2D eigenvalue weighted by molar-refractivity contribution is 9.08. The van der Waals surface area contributed by atoms with Crippen molar-refractivity contribution in [2.24, 2.45) is 0 Å². The van der Waals surface area contributed by atoms with E-state index in [1.165, 1.54) is 22.3 Å². The van der Waals surface area contributed by atoms with Crippen LogP contribution in [0, 0.1) is 13.8 Å². The molecule has 2 heteroatoms. The summed E-state index contributed by atoms with van der Waals surface area (Å²) in [6.07, 6.45) is 0.944. The van der Waals surface area contributed by atoms with Crippen molar-refractivity contribution in [3.8, 4) is 5.75 Å². The average Bonchev–Trinajstić information content (AvgIpc) is 2.42. The second-order valence-corrected chi connectivity index (χ2v) is 5.34. The van der Waals surface area contributed by atoms with Gasteiger partial charge in [0.05, 0.1) is 6.61 Å². The summed E-state index contributed by atoms with van der Waals surface area (Å²) in [5, 5.41) is 0.888. The van der Waals surface area contributed by atoms with Gasteiger partial charge in [-0.3, -0.25) is 0 Å². The van der Waals surface area contributed by atoms with E-state index in [9.17, 15) is 0 Å². The van der Waals surface area contributed by atoms with Gasteiger partial charge in [-0.25, -0.2) is 0 Å². The van der Waals surface area contributed by atoms with E-state index in [1.807, 2.05) is 6.07 Å². The van der Waals surface area contributed by atoms with Gasteiger partial charge in [-0.15, -0.1) is 0 Å². The predicted octanol–water partition coefficient (Wildman–Crippen LogP) is 4.82. The number of rotatable bonds is 5. The molecule has 0 aliphatic rings. The molecule has 1 nitrogen and oxygen atoms in total. The van der Waals surface area contributed by atoms with Crippen LogP contribution in [0.4, 0.5) is 0 Å². The predicted molar refractivity (Wildman–Crippen MR) is 84.2 cm³/mol. The van der Waals surface area contributed by atoms with E-state index in [2.05, 4.69) is 66.2 Å². The molecule has 0 N–H and O–H groups in total. The molecule has 0 aromatic heterocycles. The molecular weight excluding hydrogens is 300 g/mol. The van der Waals surface area contributed by atoms with Gasteiger partial charge in [-0.2, -0.15) is 0 Å². The van der Waals surface area contributed by atoms with Crippen molar-refractivity contribution < 1.29 is 4.74 Å². The Labute approximate surface area is 123 Å². The van der Waals surface area contributed by atoms with Crippen LogP contribution in [0.5, 0.6) is 5.75 Å². The lowest BCUT2D eigenvalue weighted by atomic mass is 10.1. The molecule has 0 saturated heterocycles. The first kappa shape index (κ1) is 14.1. The van der Waals surface area contributed by atoms with Crippen LogP contribution in [-0.2, 0) is 11.8 Å². The van der Waals surface area contributed by atoms with E-state index in [-0.39, 0.29) is 0 Å². The number of ether oxygens (including phenoxy) is 1. The van der Waals surface area contributed by atoms with Gasteiger partial charge in [0.2, 0.25) is 0 Å². The number of hydrogen-bond donors (Lipinski definition) is 0. The van der Waals surface area contributed by atoms with Gasteiger partial charge in [0.1, 0.15) is 5.75 Å². The van der Waals surface area contributed by atoms with Crippen LogP contribution in [0.2, 0.25) is 0 Å². The molecule has 0 fully saturated rings. The maximum Gasteiger partial charge on any atom is 0.125 e. The van der Waals surface area contributed by atoms with Crippen molar-refractivity contribution in [1.29, 1.82) is 0 Å². The summed E-state index contributed by atoms with van der Waals surface area (Å²) in [5.41, 5.74) is 5.03. The van der Waals surface area contributed by atoms with Crippen molar-refractivity contribution in [3.05, 3.63) is 64.7 Å². The fourth-order valence-electron chi connectivity index (χ4n) is 2.26. The first-order valence-electron chi connectivity index (χ1n) is 6.53. The van der Waals surface area contributed by atoms with Crippen molar-refractivity contribution in [2.75, 3.05) is 6.61 Å². The van der Waals surface area contributed by atoms with Crippen molar-refractivity contribution in [1.82, 2.24) is 0 Å². The molecule has 0 aliphatic heterocycles. The van der Waals surface area contributed by atoms with Crippen LogP contribution in [-0.4, -0.2) is 6.61 Å². The van der Waals surface area contributed by atoms with Gasteiger partial charge in [0.25, 0.3) is 0 Å². The molecule has 0 radical (unpaired) electrons. The third-order valence-corrected chi connectivity index (χ3v) is 3.80. The fraction of sp³-hybridized carbons (Fsp3) is 0.294. The molecule has 2 rings (SSSR count). The number of alkyl halides is 1. The van der Waals surface area contributed by atoms with Gasteiger partial charge < -0.3 is 4.74 Å². The molecule has 0 heterocycles. The molecule has 100 valence electrons. The molecule has 0 bridgehead atoms. The van der Waals surface area contributed by atoms with E-state index >= 15 is 0 Å². The molecule has 0 unspecified atom stereocenters. The summed E-state index contributed by atoms with van der Waals surface area (Å²) in [4.78, 5) is 0. The maximum atomic E-state index is 5.96. The lowest BCUT2D eigenvalue weighted by Gasteiger charge is -2.13. The van der Waals surface area contributed by atoms with Crippen molar-refractivity contribution in [2.45, 2.75) is 25.6 Å². The third kappa shape index (κ3) is 3.84. The Morgan fingerprint density at radius 3 is 2.16 bits per heavy atom. The highest BCUT2D eigenvalue weighted by atomic mass is 79.9. The van der Waals surface area contributed by atoms with E-state index in [0.717, 1.165) is 24.1 Å². The lowest BCUT2D eigenvalue weighted by Crippen LogP contribution is -2.04. The number of hydrogen-bond acceptors (Lipinski definition) is 1. The molecule has 2 aromatic carbocycles. The Morgan fingerprint density at radius 1 is 0.947 bits per heavy atom. The molecule has 0 aliphatic carbocycles. The smallest absolute Gasteiger partial charge is 0.125 e. The van der Waals surface area contributed by atoms with Crippen LogP contribution in [0.25, 0.3) is 0 Å². The van der Waals surface area contributed by atoms with Crippen molar-refractivity contribution >= 4 is 15.9 Å². The second kappa shape index (κ2) is 6.76. The van der Waals surface area contributed by atoms with Crippen LogP contribution >= 0.6 is 15.9 Å². The maximum absolute atomic E-state index is 5.96.